The average Bonchev–Trinajstić information content (AvgIpc) is 2.77. The number of ether oxygens (including phenoxy) is 1. The molecule has 3 aromatic rings. The SMILES string of the molecule is CC(C)(C)c1ccc(C(=O)NC(=S)NNC(=O)COc2ccc3ccccc3c2Br)cc1. The third kappa shape index (κ3) is 6.05. The van der Waals surface area contributed by atoms with E-state index >= 15 is 0 Å². The van der Waals surface area contributed by atoms with Gasteiger partial charge in [-0.05, 0) is 68.1 Å². The van der Waals surface area contributed by atoms with Crippen LogP contribution in [0.4, 0.5) is 0 Å². The lowest BCUT2D eigenvalue weighted by Crippen LogP contribution is -2.49. The minimum absolute atomic E-state index is 0.000645. The van der Waals surface area contributed by atoms with Gasteiger partial charge in [-0.1, -0.05) is 63.2 Å². The molecule has 166 valence electrons. The molecule has 3 aromatic carbocycles. The molecule has 0 saturated heterocycles. The topological polar surface area (TPSA) is 79.5 Å². The van der Waals surface area contributed by atoms with Crippen molar-refractivity contribution in [3.63, 3.8) is 0 Å². The zero-order chi connectivity index (χ0) is 23.3. The minimum atomic E-state index is -0.448. The molecule has 0 spiro atoms. The molecule has 0 radical (unpaired) electrons. The Morgan fingerprint density at radius 3 is 2.34 bits per heavy atom. The molecule has 8 heteroatoms. The third-order valence-electron chi connectivity index (χ3n) is 4.74. The highest BCUT2D eigenvalue weighted by Gasteiger charge is 2.15. The molecule has 0 fully saturated rings. The summed E-state index contributed by atoms with van der Waals surface area (Å²) < 4.78 is 6.37. The molecule has 0 aromatic heterocycles. The molecule has 3 N–H and O–H groups in total. The first-order valence-electron chi connectivity index (χ1n) is 9.96. The molecule has 0 atom stereocenters. The van der Waals surface area contributed by atoms with Crippen LogP contribution in [0.1, 0.15) is 36.7 Å². The predicted octanol–water partition coefficient (Wildman–Crippen LogP) is 4.61. The minimum Gasteiger partial charge on any atom is -0.483 e. The van der Waals surface area contributed by atoms with Gasteiger partial charge in [0.1, 0.15) is 5.75 Å². The van der Waals surface area contributed by atoms with Crippen LogP contribution in [0.5, 0.6) is 5.75 Å². The van der Waals surface area contributed by atoms with E-state index in [0.717, 1.165) is 20.8 Å². The lowest BCUT2D eigenvalue weighted by molar-refractivity contribution is -0.123. The molecule has 0 saturated carbocycles. The zero-order valence-electron chi connectivity index (χ0n) is 18.0. The maximum absolute atomic E-state index is 12.3. The summed E-state index contributed by atoms with van der Waals surface area (Å²) in [5, 5.41) is 4.56. The van der Waals surface area contributed by atoms with Crippen LogP contribution in [0.15, 0.2) is 65.1 Å². The number of benzene rings is 3. The van der Waals surface area contributed by atoms with Crippen LogP contribution in [0.3, 0.4) is 0 Å². The van der Waals surface area contributed by atoms with Crippen LogP contribution in [0, 0.1) is 0 Å². The number of carbonyl (C=O) groups excluding carboxylic acids is 2. The largest absolute Gasteiger partial charge is 0.483 e. The van der Waals surface area contributed by atoms with Gasteiger partial charge in [0, 0.05) is 5.56 Å². The normalized spacial score (nSPS) is 11.0. The van der Waals surface area contributed by atoms with Crippen molar-refractivity contribution in [3.05, 3.63) is 76.3 Å². The Morgan fingerprint density at radius 2 is 1.66 bits per heavy atom. The van der Waals surface area contributed by atoms with Gasteiger partial charge in [-0.2, -0.15) is 0 Å². The summed E-state index contributed by atoms with van der Waals surface area (Å²) in [6.45, 7) is 6.08. The maximum Gasteiger partial charge on any atom is 0.276 e. The van der Waals surface area contributed by atoms with Crippen molar-refractivity contribution in [2.75, 3.05) is 6.61 Å². The van der Waals surface area contributed by atoms with E-state index in [1.807, 2.05) is 42.5 Å². The molecule has 0 bridgehead atoms. The summed E-state index contributed by atoms with van der Waals surface area (Å²) in [6.07, 6.45) is 0. The van der Waals surface area contributed by atoms with Crippen LogP contribution >= 0.6 is 28.1 Å². The molecule has 3 rings (SSSR count). The molecular formula is C24H24BrN3O3S. The number of hydrogen-bond donors (Lipinski definition) is 3. The van der Waals surface area contributed by atoms with Crippen LogP contribution in [0.25, 0.3) is 10.8 Å². The van der Waals surface area contributed by atoms with Gasteiger partial charge in [0.25, 0.3) is 11.8 Å². The van der Waals surface area contributed by atoms with E-state index in [2.05, 4.69) is 52.9 Å². The van der Waals surface area contributed by atoms with Gasteiger partial charge >= 0.3 is 0 Å². The van der Waals surface area contributed by atoms with Gasteiger partial charge in [-0.25, -0.2) is 0 Å². The standard InChI is InChI=1S/C24H24BrN3O3S/c1-24(2,3)17-11-8-16(9-12-17)22(30)26-23(32)28-27-20(29)14-31-19-13-10-15-6-4-5-7-18(15)21(19)25/h4-13H,14H2,1-3H3,(H,27,29)(H2,26,28,30,32). The number of amides is 2. The van der Waals surface area contributed by atoms with E-state index in [4.69, 9.17) is 17.0 Å². The van der Waals surface area contributed by atoms with Crippen LogP contribution < -0.4 is 20.9 Å². The number of nitrogens with one attached hydrogen (secondary N) is 3. The smallest absolute Gasteiger partial charge is 0.276 e. The summed E-state index contributed by atoms with van der Waals surface area (Å²) in [4.78, 5) is 24.4. The number of fused-ring (bicyclic) bond motifs is 1. The van der Waals surface area contributed by atoms with Crippen molar-refractivity contribution in [1.29, 1.82) is 0 Å². The molecule has 2 amide bonds. The van der Waals surface area contributed by atoms with Crippen LogP contribution in [-0.2, 0) is 10.2 Å². The van der Waals surface area contributed by atoms with Gasteiger partial charge in [0.05, 0.1) is 4.47 Å². The molecule has 32 heavy (non-hydrogen) atoms. The number of thiocarbonyl (C=S) groups is 1. The summed E-state index contributed by atoms with van der Waals surface area (Å²) in [6, 6.07) is 18.9. The van der Waals surface area contributed by atoms with Crippen molar-refractivity contribution >= 4 is 55.8 Å². The second-order valence-corrected chi connectivity index (χ2v) is 9.37. The average molecular weight is 514 g/mol. The Kier molecular flexibility index (Phi) is 7.48. The Morgan fingerprint density at radius 1 is 0.969 bits per heavy atom. The molecule has 6 nitrogen and oxygen atoms in total. The van der Waals surface area contributed by atoms with Crippen LogP contribution in [-0.4, -0.2) is 23.5 Å². The Balaban J connectivity index is 1.47. The first kappa shape index (κ1) is 23.7. The highest BCUT2D eigenvalue weighted by atomic mass is 79.9. The van der Waals surface area contributed by atoms with Crippen molar-refractivity contribution < 1.29 is 14.3 Å². The van der Waals surface area contributed by atoms with Gasteiger partial charge in [-0.3, -0.25) is 25.8 Å². The van der Waals surface area contributed by atoms with Crippen LogP contribution in [0.2, 0.25) is 0 Å². The van der Waals surface area contributed by atoms with E-state index in [1.54, 1.807) is 18.2 Å². The molecular weight excluding hydrogens is 490 g/mol. The van der Waals surface area contributed by atoms with Crippen molar-refractivity contribution in [2.45, 2.75) is 26.2 Å². The summed E-state index contributed by atoms with van der Waals surface area (Å²) in [5.41, 5.74) is 6.51. The highest BCUT2D eigenvalue weighted by molar-refractivity contribution is 9.10. The highest BCUT2D eigenvalue weighted by Crippen LogP contribution is 2.32. The van der Waals surface area contributed by atoms with Gasteiger partial charge < -0.3 is 4.74 Å². The Labute approximate surface area is 200 Å². The Bertz CT molecular complexity index is 1160. The number of hydrazine groups is 1. The van der Waals surface area contributed by atoms with Gasteiger partial charge in [0.15, 0.2) is 11.7 Å². The van der Waals surface area contributed by atoms with Gasteiger partial charge in [0.2, 0.25) is 0 Å². The number of rotatable bonds is 4. The first-order chi connectivity index (χ1) is 15.1. The zero-order valence-corrected chi connectivity index (χ0v) is 20.4. The number of carbonyl (C=O) groups is 2. The fraction of sp³-hybridized carbons (Fsp3) is 0.208. The second-order valence-electron chi connectivity index (χ2n) is 8.17. The lowest BCUT2D eigenvalue weighted by atomic mass is 9.87. The predicted molar refractivity (Wildman–Crippen MR) is 134 cm³/mol. The van der Waals surface area contributed by atoms with Crippen molar-refractivity contribution in [1.82, 2.24) is 16.2 Å². The molecule has 0 aliphatic carbocycles. The van der Waals surface area contributed by atoms with E-state index in [-0.39, 0.29) is 23.0 Å². The first-order valence-corrected chi connectivity index (χ1v) is 11.2. The van der Waals surface area contributed by atoms with E-state index in [1.165, 1.54) is 0 Å². The second kappa shape index (κ2) is 10.1. The van der Waals surface area contributed by atoms with E-state index in [9.17, 15) is 9.59 Å². The fourth-order valence-electron chi connectivity index (χ4n) is 2.96. The molecule has 0 heterocycles. The van der Waals surface area contributed by atoms with Crippen molar-refractivity contribution in [2.24, 2.45) is 0 Å². The monoisotopic (exact) mass is 513 g/mol. The van der Waals surface area contributed by atoms with E-state index < -0.39 is 5.91 Å². The number of hydrogen-bond acceptors (Lipinski definition) is 4. The summed E-state index contributed by atoms with van der Waals surface area (Å²) in [7, 11) is 0. The maximum atomic E-state index is 12.3. The lowest BCUT2D eigenvalue weighted by Gasteiger charge is -2.19. The molecule has 0 aliphatic rings. The van der Waals surface area contributed by atoms with E-state index in [0.29, 0.717) is 11.3 Å². The summed E-state index contributed by atoms with van der Waals surface area (Å²) >= 11 is 8.60. The summed E-state index contributed by atoms with van der Waals surface area (Å²) in [5.74, 6) is -0.266. The quantitative estimate of drug-likeness (QED) is 0.350. The molecule has 0 aliphatic heterocycles. The number of halogens is 1. The van der Waals surface area contributed by atoms with Crippen molar-refractivity contribution in [3.8, 4) is 5.75 Å². The molecule has 0 unspecified atom stereocenters. The Hall–Kier alpha value is -2.97. The van der Waals surface area contributed by atoms with Gasteiger partial charge in [-0.15, -0.1) is 0 Å². The third-order valence-corrected chi connectivity index (χ3v) is 5.76. The fourth-order valence-corrected chi connectivity index (χ4v) is 3.71.